The van der Waals surface area contributed by atoms with Crippen LogP contribution in [-0.2, 0) is 0 Å². The molecule has 1 aliphatic heterocycles. The maximum absolute atomic E-state index is 3.69. The van der Waals surface area contributed by atoms with E-state index >= 15 is 0 Å². The van der Waals surface area contributed by atoms with Crippen molar-refractivity contribution in [2.75, 3.05) is 19.6 Å². The average Bonchev–Trinajstić information content (AvgIpc) is 2.28. The summed E-state index contributed by atoms with van der Waals surface area (Å²) in [5.41, 5.74) is 0.538. The molecule has 0 aromatic heterocycles. The van der Waals surface area contributed by atoms with Gasteiger partial charge in [-0.3, -0.25) is 0 Å². The molecule has 0 amide bonds. The molecule has 2 atom stereocenters. The highest BCUT2D eigenvalue weighted by Gasteiger charge is 2.30. The standard InChI is InChI=1S/C13H28N2/c1-4-7-13(8-6-9-14-10-13)11-15-12(3)5-2/h12,14-15H,4-11H2,1-3H3. The van der Waals surface area contributed by atoms with Crippen LogP contribution in [0.1, 0.15) is 52.9 Å². The molecule has 2 heteroatoms. The highest BCUT2D eigenvalue weighted by Crippen LogP contribution is 2.30. The van der Waals surface area contributed by atoms with Gasteiger partial charge in [0.1, 0.15) is 0 Å². The molecule has 2 N–H and O–H groups in total. The van der Waals surface area contributed by atoms with E-state index in [-0.39, 0.29) is 0 Å². The normalized spacial score (nSPS) is 29.0. The molecule has 0 saturated carbocycles. The second-order valence-corrected chi connectivity index (χ2v) is 5.22. The van der Waals surface area contributed by atoms with Crippen molar-refractivity contribution in [3.8, 4) is 0 Å². The fraction of sp³-hybridized carbons (Fsp3) is 1.00. The molecule has 15 heavy (non-hydrogen) atoms. The molecule has 2 unspecified atom stereocenters. The van der Waals surface area contributed by atoms with Crippen LogP contribution in [0.5, 0.6) is 0 Å². The van der Waals surface area contributed by atoms with E-state index < -0.39 is 0 Å². The van der Waals surface area contributed by atoms with Crippen LogP contribution >= 0.6 is 0 Å². The van der Waals surface area contributed by atoms with Crippen LogP contribution in [0.3, 0.4) is 0 Å². The summed E-state index contributed by atoms with van der Waals surface area (Å²) < 4.78 is 0. The molecule has 2 nitrogen and oxygen atoms in total. The second-order valence-electron chi connectivity index (χ2n) is 5.22. The van der Waals surface area contributed by atoms with E-state index in [0.717, 1.165) is 0 Å². The fourth-order valence-electron chi connectivity index (χ4n) is 2.55. The maximum Gasteiger partial charge on any atom is 0.00363 e. The Hall–Kier alpha value is -0.0800. The van der Waals surface area contributed by atoms with Crippen LogP contribution in [0, 0.1) is 5.41 Å². The monoisotopic (exact) mass is 212 g/mol. The van der Waals surface area contributed by atoms with Gasteiger partial charge in [0.05, 0.1) is 0 Å². The number of hydrogen-bond donors (Lipinski definition) is 2. The predicted octanol–water partition coefficient (Wildman–Crippen LogP) is 2.54. The lowest BCUT2D eigenvalue weighted by atomic mass is 9.77. The van der Waals surface area contributed by atoms with Crippen molar-refractivity contribution >= 4 is 0 Å². The van der Waals surface area contributed by atoms with Crippen molar-refractivity contribution < 1.29 is 0 Å². The molecule has 0 aromatic carbocycles. The number of nitrogens with one attached hydrogen (secondary N) is 2. The Kier molecular flexibility index (Phi) is 5.62. The molecular formula is C13H28N2. The van der Waals surface area contributed by atoms with Crippen molar-refractivity contribution in [1.29, 1.82) is 0 Å². The zero-order valence-electron chi connectivity index (χ0n) is 10.7. The van der Waals surface area contributed by atoms with Crippen LogP contribution in [0.25, 0.3) is 0 Å². The van der Waals surface area contributed by atoms with Gasteiger partial charge in [-0.15, -0.1) is 0 Å². The van der Waals surface area contributed by atoms with E-state index in [9.17, 15) is 0 Å². The summed E-state index contributed by atoms with van der Waals surface area (Å²) in [6, 6.07) is 0.667. The quantitative estimate of drug-likeness (QED) is 0.707. The molecule has 1 aliphatic rings. The third-order valence-corrected chi connectivity index (χ3v) is 3.78. The Morgan fingerprint density at radius 3 is 2.73 bits per heavy atom. The third-order valence-electron chi connectivity index (χ3n) is 3.78. The molecule has 0 aliphatic carbocycles. The van der Waals surface area contributed by atoms with Gasteiger partial charge in [-0.25, -0.2) is 0 Å². The molecular weight excluding hydrogens is 184 g/mol. The van der Waals surface area contributed by atoms with Gasteiger partial charge >= 0.3 is 0 Å². The van der Waals surface area contributed by atoms with E-state index in [4.69, 9.17) is 0 Å². The predicted molar refractivity (Wildman–Crippen MR) is 67.2 cm³/mol. The van der Waals surface area contributed by atoms with Crippen molar-refractivity contribution in [2.24, 2.45) is 5.41 Å². The summed E-state index contributed by atoms with van der Waals surface area (Å²) in [4.78, 5) is 0. The van der Waals surface area contributed by atoms with Crippen LogP contribution in [0.2, 0.25) is 0 Å². The Bertz CT molecular complexity index is 156. The topological polar surface area (TPSA) is 24.1 Å². The highest BCUT2D eigenvalue weighted by molar-refractivity contribution is 4.87. The summed E-state index contributed by atoms with van der Waals surface area (Å²) in [6.07, 6.45) is 6.66. The number of hydrogen-bond acceptors (Lipinski definition) is 2. The molecule has 1 saturated heterocycles. The first kappa shape index (κ1) is 13.0. The smallest absolute Gasteiger partial charge is 0.00363 e. The molecule has 90 valence electrons. The van der Waals surface area contributed by atoms with Gasteiger partial charge < -0.3 is 10.6 Å². The minimum Gasteiger partial charge on any atom is -0.316 e. The van der Waals surface area contributed by atoms with Gasteiger partial charge in [0.2, 0.25) is 0 Å². The Labute approximate surface area is 95.2 Å². The van der Waals surface area contributed by atoms with Gasteiger partial charge in [0.25, 0.3) is 0 Å². The van der Waals surface area contributed by atoms with Crippen molar-refractivity contribution in [1.82, 2.24) is 10.6 Å². The van der Waals surface area contributed by atoms with Gasteiger partial charge in [-0.05, 0) is 44.6 Å². The summed E-state index contributed by atoms with van der Waals surface area (Å²) in [6.45, 7) is 10.5. The SMILES string of the molecule is CCCC1(CNC(C)CC)CCCNC1. The molecule has 1 rings (SSSR count). The maximum atomic E-state index is 3.69. The van der Waals surface area contributed by atoms with Gasteiger partial charge in [0.15, 0.2) is 0 Å². The first-order chi connectivity index (χ1) is 7.22. The largest absolute Gasteiger partial charge is 0.316 e. The zero-order chi connectivity index (χ0) is 11.1. The van der Waals surface area contributed by atoms with Crippen LogP contribution in [0.4, 0.5) is 0 Å². The van der Waals surface area contributed by atoms with Crippen LogP contribution in [0.15, 0.2) is 0 Å². The van der Waals surface area contributed by atoms with E-state index in [0.29, 0.717) is 11.5 Å². The lowest BCUT2D eigenvalue weighted by Gasteiger charge is -2.38. The average molecular weight is 212 g/mol. The summed E-state index contributed by atoms with van der Waals surface area (Å²) in [7, 11) is 0. The van der Waals surface area contributed by atoms with Crippen molar-refractivity contribution in [2.45, 2.75) is 58.9 Å². The van der Waals surface area contributed by atoms with Crippen LogP contribution < -0.4 is 10.6 Å². The summed E-state index contributed by atoms with van der Waals surface area (Å²) >= 11 is 0. The van der Waals surface area contributed by atoms with Crippen molar-refractivity contribution in [3.05, 3.63) is 0 Å². The van der Waals surface area contributed by atoms with Gasteiger partial charge in [-0.2, -0.15) is 0 Å². The first-order valence-electron chi connectivity index (χ1n) is 6.66. The van der Waals surface area contributed by atoms with E-state index in [1.54, 1.807) is 0 Å². The Balaban J connectivity index is 2.41. The van der Waals surface area contributed by atoms with Gasteiger partial charge in [-0.1, -0.05) is 20.3 Å². The zero-order valence-corrected chi connectivity index (χ0v) is 10.7. The molecule has 1 fully saturated rings. The Morgan fingerprint density at radius 2 is 2.20 bits per heavy atom. The lowest BCUT2D eigenvalue weighted by molar-refractivity contribution is 0.177. The summed E-state index contributed by atoms with van der Waals surface area (Å²) in [5.74, 6) is 0. The van der Waals surface area contributed by atoms with Crippen LogP contribution in [-0.4, -0.2) is 25.7 Å². The van der Waals surface area contributed by atoms with Gasteiger partial charge in [0, 0.05) is 19.1 Å². The molecule has 0 bridgehead atoms. The molecule has 0 spiro atoms. The number of rotatable bonds is 6. The molecule has 0 radical (unpaired) electrons. The lowest BCUT2D eigenvalue weighted by Crippen LogP contribution is -2.47. The fourth-order valence-corrected chi connectivity index (χ4v) is 2.55. The molecule has 0 aromatic rings. The van der Waals surface area contributed by atoms with E-state index in [1.807, 2.05) is 0 Å². The second kappa shape index (κ2) is 6.49. The van der Waals surface area contributed by atoms with Crippen molar-refractivity contribution in [3.63, 3.8) is 0 Å². The Morgan fingerprint density at radius 1 is 1.40 bits per heavy atom. The minimum atomic E-state index is 0.538. The highest BCUT2D eigenvalue weighted by atomic mass is 15.0. The summed E-state index contributed by atoms with van der Waals surface area (Å²) in [5, 5.41) is 7.25. The first-order valence-corrected chi connectivity index (χ1v) is 6.66. The number of piperidine rings is 1. The molecule has 1 heterocycles. The van der Waals surface area contributed by atoms with E-state index in [1.165, 1.54) is 51.7 Å². The minimum absolute atomic E-state index is 0.538. The third kappa shape index (κ3) is 4.12. The van der Waals surface area contributed by atoms with E-state index in [2.05, 4.69) is 31.4 Å².